The van der Waals surface area contributed by atoms with Gasteiger partial charge in [-0.15, -0.1) is 0 Å². The van der Waals surface area contributed by atoms with Gasteiger partial charge in [-0.3, -0.25) is 4.79 Å². The van der Waals surface area contributed by atoms with Crippen LogP contribution >= 0.6 is 0 Å². The van der Waals surface area contributed by atoms with E-state index in [9.17, 15) is 14.7 Å². The van der Waals surface area contributed by atoms with E-state index in [2.05, 4.69) is 5.32 Å². The zero-order valence-electron chi connectivity index (χ0n) is 17.0. The molecule has 3 aromatic carbocycles. The van der Waals surface area contributed by atoms with E-state index in [-0.39, 0.29) is 11.3 Å². The molecule has 0 heterocycles. The topological polar surface area (TPSA) is 94.1 Å². The SMILES string of the molecule is COc1ccc(OC)c(C(C)NC(=O)COC(=O)c2ccc3ccccc3c2O)c1. The molecule has 0 saturated carbocycles. The zero-order chi connectivity index (χ0) is 21.7. The fourth-order valence-corrected chi connectivity index (χ4v) is 3.17. The lowest BCUT2D eigenvalue weighted by atomic mass is 10.1. The molecule has 1 atom stereocenters. The predicted molar refractivity (Wildman–Crippen MR) is 112 cm³/mol. The Kier molecular flexibility index (Phi) is 6.41. The van der Waals surface area contributed by atoms with E-state index in [1.807, 2.05) is 12.1 Å². The lowest BCUT2D eigenvalue weighted by Crippen LogP contribution is -2.31. The van der Waals surface area contributed by atoms with Crippen molar-refractivity contribution in [2.45, 2.75) is 13.0 Å². The van der Waals surface area contributed by atoms with Gasteiger partial charge in [-0.25, -0.2) is 4.79 Å². The van der Waals surface area contributed by atoms with E-state index in [1.165, 1.54) is 13.2 Å². The zero-order valence-corrected chi connectivity index (χ0v) is 17.0. The molecule has 0 aromatic heterocycles. The van der Waals surface area contributed by atoms with Gasteiger partial charge < -0.3 is 24.6 Å². The Bertz CT molecular complexity index is 1080. The van der Waals surface area contributed by atoms with E-state index < -0.39 is 24.5 Å². The van der Waals surface area contributed by atoms with Gasteiger partial charge in [0, 0.05) is 10.9 Å². The summed E-state index contributed by atoms with van der Waals surface area (Å²) in [4.78, 5) is 24.6. The van der Waals surface area contributed by atoms with Crippen LogP contribution in [-0.2, 0) is 9.53 Å². The number of nitrogens with one attached hydrogen (secondary N) is 1. The Morgan fingerprint density at radius 3 is 2.53 bits per heavy atom. The Labute approximate surface area is 174 Å². The van der Waals surface area contributed by atoms with Gasteiger partial charge in [0.05, 0.1) is 20.3 Å². The summed E-state index contributed by atoms with van der Waals surface area (Å²) in [6, 6.07) is 15.2. The van der Waals surface area contributed by atoms with E-state index in [1.54, 1.807) is 50.4 Å². The van der Waals surface area contributed by atoms with Crippen molar-refractivity contribution in [1.29, 1.82) is 0 Å². The minimum Gasteiger partial charge on any atom is -0.506 e. The van der Waals surface area contributed by atoms with Crippen LogP contribution in [0.1, 0.15) is 28.9 Å². The molecular formula is C23H23NO6. The van der Waals surface area contributed by atoms with Crippen molar-refractivity contribution in [3.05, 3.63) is 65.7 Å². The smallest absolute Gasteiger partial charge is 0.342 e. The molecule has 0 spiro atoms. The quantitative estimate of drug-likeness (QED) is 0.579. The van der Waals surface area contributed by atoms with Gasteiger partial charge in [-0.05, 0) is 36.6 Å². The number of benzene rings is 3. The molecule has 1 unspecified atom stereocenters. The number of rotatable bonds is 7. The molecule has 156 valence electrons. The molecule has 7 heteroatoms. The molecule has 3 rings (SSSR count). The molecule has 0 fully saturated rings. The number of hydrogen-bond acceptors (Lipinski definition) is 6. The number of carbonyl (C=O) groups is 2. The first kappa shape index (κ1) is 21.0. The average molecular weight is 409 g/mol. The molecular weight excluding hydrogens is 386 g/mol. The van der Waals surface area contributed by atoms with Crippen LogP contribution in [0, 0.1) is 0 Å². The molecule has 3 aromatic rings. The molecule has 0 saturated heterocycles. The fraction of sp³-hybridized carbons (Fsp3) is 0.217. The summed E-state index contributed by atoms with van der Waals surface area (Å²) in [5, 5.41) is 14.5. The van der Waals surface area contributed by atoms with Crippen LogP contribution < -0.4 is 14.8 Å². The maximum absolute atomic E-state index is 12.4. The summed E-state index contributed by atoms with van der Waals surface area (Å²) < 4.78 is 15.6. The number of phenolic OH excluding ortho intramolecular Hbond substituents is 1. The molecule has 0 aliphatic carbocycles. The molecule has 7 nitrogen and oxygen atoms in total. The minimum absolute atomic E-state index is 0.00372. The fourth-order valence-electron chi connectivity index (χ4n) is 3.17. The number of fused-ring (bicyclic) bond motifs is 1. The number of methoxy groups -OCH3 is 2. The molecule has 30 heavy (non-hydrogen) atoms. The van der Waals surface area contributed by atoms with Crippen molar-refractivity contribution in [3.63, 3.8) is 0 Å². The second-order valence-corrected chi connectivity index (χ2v) is 6.66. The first-order valence-corrected chi connectivity index (χ1v) is 9.33. The highest BCUT2D eigenvalue weighted by Gasteiger charge is 2.19. The van der Waals surface area contributed by atoms with Crippen LogP contribution in [0.4, 0.5) is 0 Å². The van der Waals surface area contributed by atoms with Crippen molar-refractivity contribution in [1.82, 2.24) is 5.32 Å². The van der Waals surface area contributed by atoms with Gasteiger partial charge in [0.1, 0.15) is 22.8 Å². The van der Waals surface area contributed by atoms with Crippen LogP contribution in [-0.4, -0.2) is 37.8 Å². The van der Waals surface area contributed by atoms with Crippen molar-refractivity contribution in [2.24, 2.45) is 0 Å². The maximum Gasteiger partial charge on any atom is 0.342 e. The number of ether oxygens (including phenoxy) is 3. The Balaban J connectivity index is 1.65. The molecule has 0 radical (unpaired) electrons. The number of aromatic hydroxyl groups is 1. The first-order valence-electron chi connectivity index (χ1n) is 9.33. The van der Waals surface area contributed by atoms with Crippen LogP contribution in [0.25, 0.3) is 10.8 Å². The Hall–Kier alpha value is -3.74. The molecule has 2 N–H and O–H groups in total. The first-order chi connectivity index (χ1) is 14.4. The highest BCUT2D eigenvalue weighted by Crippen LogP contribution is 2.30. The van der Waals surface area contributed by atoms with Crippen LogP contribution in [0.3, 0.4) is 0 Å². The van der Waals surface area contributed by atoms with E-state index in [0.29, 0.717) is 16.9 Å². The van der Waals surface area contributed by atoms with Gasteiger partial charge in [-0.1, -0.05) is 30.3 Å². The van der Waals surface area contributed by atoms with E-state index in [4.69, 9.17) is 14.2 Å². The Morgan fingerprint density at radius 1 is 1.03 bits per heavy atom. The molecule has 0 aliphatic rings. The van der Waals surface area contributed by atoms with Crippen molar-refractivity contribution >= 4 is 22.6 Å². The standard InChI is InChI=1S/C23H23NO6/c1-14(19-12-16(28-2)9-11-20(19)29-3)24-21(25)13-30-23(27)18-10-8-15-6-4-5-7-17(15)22(18)26/h4-12,14,26H,13H2,1-3H3,(H,24,25). The number of esters is 1. The highest BCUT2D eigenvalue weighted by molar-refractivity contribution is 6.01. The summed E-state index contributed by atoms with van der Waals surface area (Å²) in [5.41, 5.74) is 0.729. The van der Waals surface area contributed by atoms with E-state index in [0.717, 1.165) is 10.9 Å². The molecule has 0 aliphatic heterocycles. The van der Waals surface area contributed by atoms with E-state index >= 15 is 0 Å². The summed E-state index contributed by atoms with van der Waals surface area (Å²) in [5.74, 6) is -0.208. The lowest BCUT2D eigenvalue weighted by molar-refractivity contribution is -0.124. The van der Waals surface area contributed by atoms with Crippen LogP contribution in [0.15, 0.2) is 54.6 Å². The monoisotopic (exact) mass is 409 g/mol. The van der Waals surface area contributed by atoms with Crippen LogP contribution in [0.5, 0.6) is 17.2 Å². The summed E-state index contributed by atoms with van der Waals surface area (Å²) in [6.07, 6.45) is 0. The second-order valence-electron chi connectivity index (χ2n) is 6.66. The van der Waals surface area contributed by atoms with Crippen molar-refractivity contribution in [2.75, 3.05) is 20.8 Å². The van der Waals surface area contributed by atoms with Crippen LogP contribution in [0.2, 0.25) is 0 Å². The van der Waals surface area contributed by atoms with Gasteiger partial charge in [0.25, 0.3) is 5.91 Å². The number of amides is 1. The van der Waals surface area contributed by atoms with Gasteiger partial charge in [-0.2, -0.15) is 0 Å². The third kappa shape index (κ3) is 4.46. The normalized spacial score (nSPS) is 11.6. The largest absolute Gasteiger partial charge is 0.506 e. The molecule has 0 bridgehead atoms. The number of carbonyl (C=O) groups excluding carboxylic acids is 2. The Morgan fingerprint density at radius 2 is 1.80 bits per heavy atom. The lowest BCUT2D eigenvalue weighted by Gasteiger charge is -2.18. The third-order valence-corrected chi connectivity index (χ3v) is 4.74. The summed E-state index contributed by atoms with van der Waals surface area (Å²) in [6.45, 7) is 1.30. The number of hydrogen-bond donors (Lipinski definition) is 2. The summed E-state index contributed by atoms with van der Waals surface area (Å²) >= 11 is 0. The maximum atomic E-state index is 12.4. The summed E-state index contributed by atoms with van der Waals surface area (Å²) in [7, 11) is 3.09. The highest BCUT2D eigenvalue weighted by atomic mass is 16.5. The van der Waals surface area contributed by atoms with Gasteiger partial charge >= 0.3 is 5.97 Å². The number of phenols is 1. The second kappa shape index (κ2) is 9.17. The van der Waals surface area contributed by atoms with Crippen molar-refractivity contribution in [3.8, 4) is 17.2 Å². The van der Waals surface area contributed by atoms with Crippen molar-refractivity contribution < 1.29 is 28.9 Å². The van der Waals surface area contributed by atoms with Gasteiger partial charge in [0.15, 0.2) is 6.61 Å². The molecule has 1 amide bonds. The predicted octanol–water partition coefficient (Wildman–Crippen LogP) is 3.60. The third-order valence-electron chi connectivity index (χ3n) is 4.74. The van der Waals surface area contributed by atoms with Gasteiger partial charge in [0.2, 0.25) is 0 Å². The minimum atomic E-state index is -0.778. The average Bonchev–Trinajstić information content (AvgIpc) is 2.77.